The summed E-state index contributed by atoms with van der Waals surface area (Å²) in [5.41, 5.74) is 2.77. The predicted molar refractivity (Wildman–Crippen MR) is 112 cm³/mol. The molecule has 30 heavy (non-hydrogen) atoms. The van der Waals surface area contributed by atoms with Crippen molar-refractivity contribution in [1.29, 1.82) is 0 Å². The van der Waals surface area contributed by atoms with Crippen molar-refractivity contribution in [2.45, 2.75) is 13.2 Å². The van der Waals surface area contributed by atoms with Gasteiger partial charge in [-0.2, -0.15) is 0 Å². The van der Waals surface area contributed by atoms with Crippen molar-refractivity contribution < 1.29 is 30.0 Å². The van der Waals surface area contributed by atoms with Gasteiger partial charge in [0.15, 0.2) is 0 Å². The van der Waals surface area contributed by atoms with E-state index >= 15 is 0 Å². The van der Waals surface area contributed by atoms with E-state index in [4.69, 9.17) is 5.11 Å². The fourth-order valence-electron chi connectivity index (χ4n) is 3.41. The number of aromatic nitrogens is 1. The molecular formula is C22H22N2O6. The fraction of sp³-hybridized carbons (Fsp3) is 0.182. The quantitative estimate of drug-likeness (QED) is 0.334. The van der Waals surface area contributed by atoms with E-state index in [1.165, 1.54) is 24.3 Å². The number of hydrogen-bond donors (Lipinski definition) is 5. The second-order valence-electron chi connectivity index (χ2n) is 6.99. The van der Waals surface area contributed by atoms with E-state index in [-0.39, 0.29) is 16.9 Å². The van der Waals surface area contributed by atoms with E-state index < -0.39 is 24.1 Å². The first-order chi connectivity index (χ1) is 14.1. The molecule has 0 radical (unpaired) electrons. The van der Waals surface area contributed by atoms with Crippen molar-refractivity contribution in [2.24, 2.45) is 13.0 Å². The number of nitrogens with zero attached hydrogens (tertiary/aromatic N) is 1. The van der Waals surface area contributed by atoms with Crippen molar-refractivity contribution in [3.63, 3.8) is 0 Å². The monoisotopic (exact) mass is 410 g/mol. The molecule has 8 nitrogen and oxygen atoms in total. The minimum absolute atomic E-state index is 0.163. The van der Waals surface area contributed by atoms with Gasteiger partial charge in [-0.3, -0.25) is 0 Å². The normalized spacial score (nSPS) is 17.1. The minimum atomic E-state index is -1.21. The van der Waals surface area contributed by atoms with E-state index in [0.29, 0.717) is 16.6 Å². The number of aryl methyl sites for hydroxylation is 2. The molecule has 1 aromatic carbocycles. The molecule has 0 saturated carbocycles. The van der Waals surface area contributed by atoms with Gasteiger partial charge in [-0.1, -0.05) is 18.7 Å². The van der Waals surface area contributed by atoms with Gasteiger partial charge < -0.3 is 30.3 Å². The molecule has 1 aliphatic rings. The molecule has 2 aromatic rings. The number of aliphatic hydroxyl groups excluding tert-OH is 1. The summed E-state index contributed by atoms with van der Waals surface area (Å²) in [6.07, 6.45) is 7.02. The first-order valence-electron chi connectivity index (χ1n) is 9.11. The van der Waals surface area contributed by atoms with Crippen LogP contribution in [0.25, 0.3) is 17.0 Å². The van der Waals surface area contributed by atoms with Crippen molar-refractivity contribution in [1.82, 2.24) is 9.88 Å². The number of hydrogen-bond acceptors (Lipinski definition) is 5. The van der Waals surface area contributed by atoms with E-state index in [1.807, 2.05) is 11.5 Å². The lowest BCUT2D eigenvalue weighted by atomic mass is 10.1. The number of fused-ring (bicyclic) bond motifs is 1. The van der Waals surface area contributed by atoms with Crippen LogP contribution in [0, 0.1) is 12.8 Å². The number of nitrogens with one attached hydrogen (secondary N) is 1. The minimum Gasteiger partial charge on any atom is -0.507 e. The number of carboxylic acid groups (broad SMARTS) is 2. The SMILES string of the molecule is C=C/C=C(\C=C\c1c(C)c2cc(C(=O)O)c(O)cc2n1C)NC(O)C1C=C1C(=O)O. The lowest BCUT2D eigenvalue weighted by Gasteiger charge is -2.15. The molecule has 156 valence electrons. The van der Waals surface area contributed by atoms with Crippen molar-refractivity contribution >= 4 is 28.9 Å². The average molecular weight is 410 g/mol. The summed E-state index contributed by atoms with van der Waals surface area (Å²) in [6, 6.07) is 2.85. The van der Waals surface area contributed by atoms with Crippen LogP contribution < -0.4 is 5.32 Å². The third-order valence-electron chi connectivity index (χ3n) is 5.08. The molecule has 0 bridgehead atoms. The Morgan fingerprint density at radius 2 is 1.97 bits per heavy atom. The van der Waals surface area contributed by atoms with Gasteiger partial charge in [0.2, 0.25) is 0 Å². The van der Waals surface area contributed by atoms with Gasteiger partial charge in [0.05, 0.1) is 11.4 Å². The molecule has 0 spiro atoms. The molecule has 0 aliphatic heterocycles. The first-order valence-corrected chi connectivity index (χ1v) is 9.11. The standard InChI is InChI=1S/C22H22N2O6/c1-4-5-12(23-20(26)14-9-15(14)21(27)28)6-7-17-11(2)13-8-16(22(29)30)19(25)10-18(13)24(17)3/h4-10,14,20,23,25-26H,1H2,2-3H3,(H,27,28)(H,29,30)/b7-6+,12-5+. The molecule has 2 atom stereocenters. The number of aromatic hydroxyl groups is 1. The highest BCUT2D eigenvalue weighted by molar-refractivity contribution is 5.99. The maximum atomic E-state index is 11.3. The number of aliphatic hydroxyl groups is 1. The zero-order chi connectivity index (χ0) is 22.2. The van der Waals surface area contributed by atoms with E-state index in [1.54, 1.807) is 25.3 Å². The third kappa shape index (κ3) is 3.85. The Labute approximate surface area is 172 Å². The lowest BCUT2D eigenvalue weighted by Crippen LogP contribution is -2.31. The van der Waals surface area contributed by atoms with Crippen LogP contribution in [0.2, 0.25) is 0 Å². The largest absolute Gasteiger partial charge is 0.507 e. The average Bonchev–Trinajstić information content (AvgIpc) is 3.44. The number of benzene rings is 1. The van der Waals surface area contributed by atoms with Crippen LogP contribution in [0.1, 0.15) is 21.6 Å². The zero-order valence-corrected chi connectivity index (χ0v) is 16.5. The van der Waals surface area contributed by atoms with Crippen LogP contribution in [-0.2, 0) is 11.8 Å². The molecule has 1 aliphatic carbocycles. The summed E-state index contributed by atoms with van der Waals surface area (Å²) in [6.45, 7) is 5.49. The number of rotatable bonds is 8. The first kappa shape index (κ1) is 20.9. The summed E-state index contributed by atoms with van der Waals surface area (Å²) in [5.74, 6) is -3.13. The summed E-state index contributed by atoms with van der Waals surface area (Å²) in [7, 11) is 1.79. The number of carbonyl (C=O) groups is 2. The number of aromatic carboxylic acids is 1. The Bertz CT molecular complexity index is 1150. The highest BCUT2D eigenvalue weighted by atomic mass is 16.4. The summed E-state index contributed by atoms with van der Waals surface area (Å²) >= 11 is 0. The Kier molecular flexibility index (Phi) is 5.53. The van der Waals surface area contributed by atoms with Gasteiger partial charge in [-0.05, 0) is 36.8 Å². The fourth-order valence-corrected chi connectivity index (χ4v) is 3.41. The molecule has 8 heteroatoms. The topological polar surface area (TPSA) is 132 Å². The third-order valence-corrected chi connectivity index (χ3v) is 5.08. The smallest absolute Gasteiger partial charge is 0.339 e. The van der Waals surface area contributed by atoms with E-state index in [0.717, 1.165) is 11.3 Å². The van der Waals surface area contributed by atoms with Crippen LogP contribution in [-0.4, -0.2) is 43.2 Å². The second kappa shape index (κ2) is 7.92. The highest BCUT2D eigenvalue weighted by Gasteiger charge is 2.36. The molecule has 1 aromatic heterocycles. The predicted octanol–water partition coefficient (Wildman–Crippen LogP) is 2.52. The maximum Gasteiger partial charge on any atom is 0.339 e. The van der Waals surface area contributed by atoms with Gasteiger partial charge in [0, 0.05) is 35.5 Å². The molecule has 0 amide bonds. The van der Waals surface area contributed by atoms with Crippen molar-refractivity contribution in [3.05, 3.63) is 71.1 Å². The maximum absolute atomic E-state index is 11.3. The van der Waals surface area contributed by atoms with Crippen LogP contribution in [0.3, 0.4) is 0 Å². The zero-order valence-electron chi connectivity index (χ0n) is 16.5. The van der Waals surface area contributed by atoms with Crippen molar-refractivity contribution in [3.8, 4) is 5.75 Å². The van der Waals surface area contributed by atoms with Gasteiger partial charge in [0.25, 0.3) is 0 Å². The molecule has 3 rings (SSSR count). The molecule has 5 N–H and O–H groups in total. The van der Waals surface area contributed by atoms with E-state index in [2.05, 4.69) is 11.9 Å². The van der Waals surface area contributed by atoms with Gasteiger partial charge in [0.1, 0.15) is 17.5 Å². The van der Waals surface area contributed by atoms with Crippen molar-refractivity contribution in [2.75, 3.05) is 0 Å². The summed E-state index contributed by atoms with van der Waals surface area (Å²) in [5, 5.41) is 42.0. The van der Waals surface area contributed by atoms with Gasteiger partial charge >= 0.3 is 11.9 Å². The van der Waals surface area contributed by atoms with Crippen LogP contribution >= 0.6 is 0 Å². The lowest BCUT2D eigenvalue weighted by molar-refractivity contribution is -0.132. The summed E-state index contributed by atoms with van der Waals surface area (Å²) in [4.78, 5) is 22.3. The molecule has 2 unspecified atom stereocenters. The number of aliphatic carboxylic acids is 1. The Morgan fingerprint density at radius 3 is 2.53 bits per heavy atom. The van der Waals surface area contributed by atoms with E-state index in [9.17, 15) is 24.9 Å². The highest BCUT2D eigenvalue weighted by Crippen LogP contribution is 2.33. The summed E-state index contributed by atoms with van der Waals surface area (Å²) < 4.78 is 1.82. The van der Waals surface area contributed by atoms with Gasteiger partial charge in [-0.25, -0.2) is 9.59 Å². The molecule has 0 saturated heterocycles. The molecular weight excluding hydrogens is 388 g/mol. The number of phenols is 1. The van der Waals surface area contributed by atoms with Crippen LogP contribution in [0.4, 0.5) is 0 Å². The number of carboxylic acids is 2. The second-order valence-corrected chi connectivity index (χ2v) is 6.99. The Balaban J connectivity index is 1.89. The van der Waals surface area contributed by atoms with Crippen LogP contribution in [0.5, 0.6) is 5.75 Å². The number of allylic oxidation sites excluding steroid dienone is 3. The molecule has 1 heterocycles. The molecule has 0 fully saturated rings. The Hall–Kier alpha value is -3.78. The Morgan fingerprint density at radius 1 is 1.27 bits per heavy atom. The van der Waals surface area contributed by atoms with Gasteiger partial charge in [-0.15, -0.1) is 0 Å². The van der Waals surface area contributed by atoms with Crippen LogP contribution in [0.15, 0.2) is 54.3 Å².